The van der Waals surface area contributed by atoms with Gasteiger partial charge in [0.1, 0.15) is 5.69 Å². The molecule has 2 aromatic carbocycles. The van der Waals surface area contributed by atoms with Crippen molar-refractivity contribution in [3.8, 4) is 22.6 Å². The van der Waals surface area contributed by atoms with Crippen molar-refractivity contribution in [3.63, 3.8) is 0 Å². The Morgan fingerprint density at radius 1 is 1.00 bits per heavy atom. The van der Waals surface area contributed by atoms with Crippen LogP contribution in [-0.4, -0.2) is 18.2 Å². The fourth-order valence-electron chi connectivity index (χ4n) is 2.33. The Labute approximate surface area is 128 Å². The summed E-state index contributed by atoms with van der Waals surface area (Å²) in [7, 11) is 1.38. The quantitative estimate of drug-likeness (QED) is 0.688. The molecule has 0 aliphatic heterocycles. The van der Waals surface area contributed by atoms with Gasteiger partial charge >= 0.3 is 5.97 Å². The SMILES string of the molecule is COC(=O)Cc1c(-c2ccccc2)noc1-c1ccccc1. The average Bonchev–Trinajstić information content (AvgIpc) is 3.00. The first-order valence-corrected chi connectivity index (χ1v) is 6.96. The molecule has 0 bridgehead atoms. The number of hydrogen-bond acceptors (Lipinski definition) is 4. The molecule has 4 heteroatoms. The predicted octanol–water partition coefficient (Wildman–Crippen LogP) is 3.72. The molecule has 4 nitrogen and oxygen atoms in total. The monoisotopic (exact) mass is 293 g/mol. The molecule has 0 spiro atoms. The van der Waals surface area contributed by atoms with E-state index in [-0.39, 0.29) is 12.4 Å². The number of benzene rings is 2. The van der Waals surface area contributed by atoms with Crippen LogP contribution in [0.4, 0.5) is 0 Å². The van der Waals surface area contributed by atoms with Gasteiger partial charge in [-0.25, -0.2) is 0 Å². The second-order valence-electron chi connectivity index (χ2n) is 4.82. The maximum atomic E-state index is 11.8. The van der Waals surface area contributed by atoms with Gasteiger partial charge in [-0.3, -0.25) is 4.79 Å². The van der Waals surface area contributed by atoms with Gasteiger partial charge in [0.2, 0.25) is 0 Å². The first-order valence-electron chi connectivity index (χ1n) is 6.96. The Hall–Kier alpha value is -2.88. The molecule has 0 radical (unpaired) electrons. The van der Waals surface area contributed by atoms with E-state index in [2.05, 4.69) is 5.16 Å². The van der Waals surface area contributed by atoms with Crippen molar-refractivity contribution >= 4 is 5.97 Å². The van der Waals surface area contributed by atoms with Crippen LogP contribution in [0.15, 0.2) is 65.2 Å². The van der Waals surface area contributed by atoms with Crippen molar-refractivity contribution in [2.24, 2.45) is 0 Å². The fraction of sp³-hybridized carbons (Fsp3) is 0.111. The molecular weight excluding hydrogens is 278 g/mol. The largest absolute Gasteiger partial charge is 0.469 e. The van der Waals surface area contributed by atoms with Crippen molar-refractivity contribution < 1.29 is 14.1 Å². The Balaban J connectivity index is 2.12. The van der Waals surface area contributed by atoms with Crippen LogP contribution in [0.1, 0.15) is 5.56 Å². The molecular formula is C18H15NO3. The zero-order valence-corrected chi connectivity index (χ0v) is 12.2. The highest BCUT2D eigenvalue weighted by atomic mass is 16.5. The van der Waals surface area contributed by atoms with Gasteiger partial charge in [0.05, 0.1) is 13.5 Å². The molecule has 22 heavy (non-hydrogen) atoms. The summed E-state index contributed by atoms with van der Waals surface area (Å²) in [5.74, 6) is 0.280. The summed E-state index contributed by atoms with van der Waals surface area (Å²) in [6.07, 6.45) is 0.119. The fourth-order valence-corrected chi connectivity index (χ4v) is 2.33. The lowest BCUT2D eigenvalue weighted by Gasteiger charge is -2.03. The summed E-state index contributed by atoms with van der Waals surface area (Å²) in [6, 6.07) is 19.3. The van der Waals surface area contributed by atoms with Crippen LogP contribution in [0.2, 0.25) is 0 Å². The number of methoxy groups -OCH3 is 1. The number of nitrogens with zero attached hydrogens (tertiary/aromatic N) is 1. The molecule has 3 rings (SSSR count). The van der Waals surface area contributed by atoms with E-state index in [1.54, 1.807) is 0 Å². The summed E-state index contributed by atoms with van der Waals surface area (Å²) in [5, 5.41) is 4.17. The smallest absolute Gasteiger partial charge is 0.310 e. The van der Waals surface area contributed by atoms with Gasteiger partial charge < -0.3 is 9.26 Å². The van der Waals surface area contributed by atoms with E-state index < -0.39 is 0 Å². The molecule has 0 amide bonds. The van der Waals surface area contributed by atoms with Crippen molar-refractivity contribution in [1.29, 1.82) is 0 Å². The summed E-state index contributed by atoms with van der Waals surface area (Å²) in [6.45, 7) is 0. The molecule has 0 aliphatic rings. The van der Waals surface area contributed by atoms with E-state index in [0.29, 0.717) is 11.5 Å². The second-order valence-corrected chi connectivity index (χ2v) is 4.82. The highest BCUT2D eigenvalue weighted by Crippen LogP contribution is 2.32. The number of hydrogen-bond donors (Lipinski definition) is 0. The third kappa shape index (κ3) is 2.76. The maximum absolute atomic E-state index is 11.8. The summed E-state index contributed by atoms with van der Waals surface area (Å²) < 4.78 is 10.3. The summed E-state index contributed by atoms with van der Waals surface area (Å²) >= 11 is 0. The number of rotatable bonds is 4. The molecule has 1 aromatic heterocycles. The zero-order valence-electron chi connectivity index (χ0n) is 12.2. The average molecular weight is 293 g/mol. The van der Waals surface area contributed by atoms with Gasteiger partial charge in [0, 0.05) is 16.7 Å². The summed E-state index contributed by atoms with van der Waals surface area (Å²) in [4.78, 5) is 11.8. The minimum Gasteiger partial charge on any atom is -0.469 e. The Morgan fingerprint density at radius 2 is 1.59 bits per heavy atom. The van der Waals surface area contributed by atoms with Gasteiger partial charge in [0.15, 0.2) is 5.76 Å². The van der Waals surface area contributed by atoms with Crippen molar-refractivity contribution in [2.45, 2.75) is 6.42 Å². The molecule has 1 heterocycles. The van der Waals surface area contributed by atoms with Gasteiger partial charge in [0.25, 0.3) is 0 Å². The number of carbonyl (C=O) groups excluding carboxylic acids is 1. The molecule has 0 atom stereocenters. The highest BCUT2D eigenvalue weighted by Gasteiger charge is 2.21. The third-order valence-corrected chi connectivity index (χ3v) is 3.42. The zero-order chi connectivity index (χ0) is 15.4. The molecule has 0 fully saturated rings. The van der Waals surface area contributed by atoms with Crippen molar-refractivity contribution in [3.05, 3.63) is 66.2 Å². The highest BCUT2D eigenvalue weighted by molar-refractivity contribution is 5.81. The van der Waals surface area contributed by atoms with E-state index >= 15 is 0 Å². The van der Waals surface area contributed by atoms with Crippen LogP contribution < -0.4 is 0 Å². The third-order valence-electron chi connectivity index (χ3n) is 3.42. The molecule has 0 N–H and O–H groups in total. The maximum Gasteiger partial charge on any atom is 0.310 e. The van der Waals surface area contributed by atoms with Crippen molar-refractivity contribution in [2.75, 3.05) is 7.11 Å². The van der Waals surface area contributed by atoms with Gasteiger partial charge in [-0.05, 0) is 0 Å². The molecule has 3 aromatic rings. The molecule has 0 saturated heterocycles. The Kier molecular flexibility index (Phi) is 4.01. The van der Waals surface area contributed by atoms with Crippen LogP contribution in [0.25, 0.3) is 22.6 Å². The lowest BCUT2D eigenvalue weighted by Crippen LogP contribution is -2.05. The molecule has 0 saturated carbocycles. The van der Waals surface area contributed by atoms with Gasteiger partial charge in [-0.1, -0.05) is 65.8 Å². The Bertz CT molecular complexity index is 707. The van der Waals surface area contributed by atoms with E-state index in [1.165, 1.54) is 7.11 Å². The molecule has 110 valence electrons. The number of esters is 1. The second kappa shape index (κ2) is 6.26. The van der Waals surface area contributed by atoms with Crippen molar-refractivity contribution in [1.82, 2.24) is 5.16 Å². The standard InChI is InChI=1S/C18H15NO3/c1-21-16(20)12-15-17(13-8-4-2-5-9-13)19-22-18(15)14-10-6-3-7-11-14/h2-11H,12H2,1H3. The van der Waals surface area contributed by atoms with E-state index in [9.17, 15) is 4.79 Å². The van der Waals surface area contributed by atoms with Crippen LogP contribution >= 0.6 is 0 Å². The minimum absolute atomic E-state index is 0.119. The predicted molar refractivity (Wildman–Crippen MR) is 83.1 cm³/mol. The van der Waals surface area contributed by atoms with E-state index in [0.717, 1.165) is 16.7 Å². The first kappa shape index (κ1) is 14.1. The molecule has 0 aliphatic carbocycles. The molecule has 0 unspecified atom stereocenters. The number of ether oxygens (including phenoxy) is 1. The summed E-state index contributed by atoms with van der Waals surface area (Å²) in [5.41, 5.74) is 3.21. The lowest BCUT2D eigenvalue weighted by atomic mass is 10.00. The number of aromatic nitrogens is 1. The van der Waals surface area contributed by atoms with Crippen LogP contribution in [0.3, 0.4) is 0 Å². The van der Waals surface area contributed by atoms with Gasteiger partial charge in [-0.2, -0.15) is 0 Å². The number of carbonyl (C=O) groups is 1. The first-order chi connectivity index (χ1) is 10.8. The van der Waals surface area contributed by atoms with Gasteiger partial charge in [-0.15, -0.1) is 0 Å². The van der Waals surface area contributed by atoms with E-state index in [1.807, 2.05) is 60.7 Å². The van der Waals surface area contributed by atoms with Crippen LogP contribution in [-0.2, 0) is 16.0 Å². The minimum atomic E-state index is -0.322. The van der Waals surface area contributed by atoms with Crippen LogP contribution in [0.5, 0.6) is 0 Å². The van der Waals surface area contributed by atoms with Crippen LogP contribution in [0, 0.1) is 0 Å². The normalized spacial score (nSPS) is 10.4. The Morgan fingerprint density at radius 3 is 2.18 bits per heavy atom. The van der Waals surface area contributed by atoms with E-state index in [4.69, 9.17) is 9.26 Å². The lowest BCUT2D eigenvalue weighted by molar-refractivity contribution is -0.139. The topological polar surface area (TPSA) is 52.3 Å².